The first kappa shape index (κ1) is 17.1. The number of hydrogen-bond acceptors (Lipinski definition) is 5. The highest BCUT2D eigenvalue weighted by molar-refractivity contribution is 5.76. The van der Waals surface area contributed by atoms with Crippen LogP contribution in [0.4, 0.5) is 0 Å². The van der Waals surface area contributed by atoms with Gasteiger partial charge in [0.1, 0.15) is 0 Å². The summed E-state index contributed by atoms with van der Waals surface area (Å²) in [4.78, 5) is 16.2. The zero-order chi connectivity index (χ0) is 16.5. The van der Waals surface area contributed by atoms with Crippen LogP contribution >= 0.6 is 0 Å². The molecule has 0 saturated carbocycles. The topological polar surface area (TPSA) is 86.9 Å². The number of hydrogen-bond donors (Lipinski definition) is 2. The van der Waals surface area contributed by atoms with Crippen molar-refractivity contribution in [2.75, 3.05) is 13.2 Å². The van der Waals surface area contributed by atoms with Gasteiger partial charge >= 0.3 is 0 Å². The lowest BCUT2D eigenvalue weighted by Crippen LogP contribution is -2.32. The Morgan fingerprint density at radius 2 is 2.22 bits per heavy atom. The van der Waals surface area contributed by atoms with Gasteiger partial charge in [0, 0.05) is 56.6 Å². The van der Waals surface area contributed by atoms with Gasteiger partial charge in [-0.1, -0.05) is 6.07 Å². The molecule has 1 aromatic heterocycles. The maximum absolute atomic E-state index is 11.9. The van der Waals surface area contributed by atoms with Crippen molar-refractivity contribution >= 4 is 5.91 Å². The number of aliphatic hydroxyl groups is 1. The van der Waals surface area contributed by atoms with Gasteiger partial charge < -0.3 is 10.4 Å². The van der Waals surface area contributed by atoms with Crippen LogP contribution in [0.25, 0.3) is 0 Å². The molecule has 23 heavy (non-hydrogen) atoms. The van der Waals surface area contributed by atoms with Crippen molar-refractivity contribution in [1.82, 2.24) is 10.3 Å². The second-order valence-electron chi connectivity index (χ2n) is 5.76. The minimum atomic E-state index is -0.423. The van der Waals surface area contributed by atoms with Crippen molar-refractivity contribution in [3.05, 3.63) is 30.1 Å². The highest BCUT2D eigenvalue weighted by Crippen LogP contribution is 2.37. The molecule has 0 spiro atoms. The molecule has 1 aromatic rings. The molecule has 0 radical (unpaired) electrons. The Hall–Kier alpha value is -2.26. The van der Waals surface area contributed by atoms with Gasteiger partial charge in [-0.2, -0.15) is 10.2 Å². The molecule has 6 heteroatoms. The van der Waals surface area contributed by atoms with Crippen LogP contribution < -0.4 is 5.32 Å². The fourth-order valence-electron chi connectivity index (χ4n) is 2.34. The van der Waals surface area contributed by atoms with Gasteiger partial charge in [0.25, 0.3) is 0 Å². The molecule has 2 N–H and O–H groups in total. The molecule has 0 bridgehead atoms. The number of carbonyl (C=O) groups excluding carboxylic acids is 1. The number of carbonyl (C=O) groups is 1. The second-order valence-corrected chi connectivity index (χ2v) is 5.76. The summed E-state index contributed by atoms with van der Waals surface area (Å²) < 4.78 is 0. The number of terminal acetylenes is 1. The first-order valence-electron chi connectivity index (χ1n) is 7.82. The monoisotopic (exact) mass is 314 g/mol. The highest BCUT2D eigenvalue weighted by atomic mass is 16.3. The number of aliphatic hydroxyl groups excluding tert-OH is 1. The number of nitrogens with one attached hydrogen (secondary N) is 1. The summed E-state index contributed by atoms with van der Waals surface area (Å²) in [6, 6.07) is 5.67. The van der Waals surface area contributed by atoms with Gasteiger partial charge in [0.15, 0.2) is 5.66 Å². The molecule has 1 atom stereocenters. The third kappa shape index (κ3) is 5.80. The maximum Gasteiger partial charge on any atom is 0.220 e. The van der Waals surface area contributed by atoms with Gasteiger partial charge in [0.2, 0.25) is 5.91 Å². The van der Waals surface area contributed by atoms with Crippen LogP contribution in [0.2, 0.25) is 0 Å². The van der Waals surface area contributed by atoms with Crippen molar-refractivity contribution < 1.29 is 9.90 Å². The van der Waals surface area contributed by atoms with E-state index in [-0.39, 0.29) is 18.4 Å². The van der Waals surface area contributed by atoms with E-state index in [1.54, 1.807) is 6.20 Å². The lowest BCUT2D eigenvalue weighted by Gasteiger charge is -2.15. The van der Waals surface area contributed by atoms with Crippen LogP contribution in [0.3, 0.4) is 0 Å². The van der Waals surface area contributed by atoms with Crippen molar-refractivity contribution in [1.29, 1.82) is 0 Å². The van der Waals surface area contributed by atoms with Gasteiger partial charge in [-0.3, -0.25) is 9.78 Å². The molecule has 1 aliphatic rings. The van der Waals surface area contributed by atoms with Crippen LogP contribution in [-0.4, -0.2) is 34.8 Å². The summed E-state index contributed by atoms with van der Waals surface area (Å²) in [5.41, 5.74) is 0.484. The zero-order valence-corrected chi connectivity index (χ0v) is 13.1. The van der Waals surface area contributed by atoms with E-state index in [1.807, 2.05) is 18.2 Å². The Morgan fingerprint density at radius 3 is 2.83 bits per heavy atom. The number of pyridine rings is 1. The van der Waals surface area contributed by atoms with E-state index in [0.717, 1.165) is 5.69 Å². The normalized spacial score (nSPS) is 15.7. The SMILES string of the molecule is C#CCCC1(CCC(=O)NCC(CO)Cc2ccccn2)N=N1. The highest BCUT2D eigenvalue weighted by Gasteiger charge is 2.39. The fraction of sp³-hybridized carbons (Fsp3) is 0.529. The Morgan fingerprint density at radius 1 is 1.39 bits per heavy atom. The minimum Gasteiger partial charge on any atom is -0.396 e. The molecule has 0 aromatic carbocycles. The fourth-order valence-corrected chi connectivity index (χ4v) is 2.34. The summed E-state index contributed by atoms with van der Waals surface area (Å²) in [6.07, 6.45) is 9.86. The maximum atomic E-state index is 11.9. The first-order chi connectivity index (χ1) is 11.2. The molecule has 2 heterocycles. The molecule has 122 valence electrons. The van der Waals surface area contributed by atoms with Crippen molar-refractivity contribution in [2.24, 2.45) is 16.1 Å². The molecule has 1 aliphatic heterocycles. The zero-order valence-electron chi connectivity index (χ0n) is 13.1. The van der Waals surface area contributed by atoms with Crippen LogP contribution in [0, 0.1) is 18.3 Å². The van der Waals surface area contributed by atoms with E-state index >= 15 is 0 Å². The van der Waals surface area contributed by atoms with Crippen molar-refractivity contribution in [3.63, 3.8) is 0 Å². The number of nitrogens with zero attached hydrogens (tertiary/aromatic N) is 3. The lowest BCUT2D eigenvalue weighted by atomic mass is 10.0. The predicted molar refractivity (Wildman–Crippen MR) is 86.4 cm³/mol. The van der Waals surface area contributed by atoms with Crippen LogP contribution in [0.5, 0.6) is 0 Å². The van der Waals surface area contributed by atoms with Gasteiger partial charge in [0.05, 0.1) is 0 Å². The van der Waals surface area contributed by atoms with E-state index in [9.17, 15) is 9.90 Å². The Bertz CT molecular complexity index is 574. The van der Waals surface area contributed by atoms with Crippen molar-refractivity contribution in [2.45, 2.75) is 37.8 Å². The van der Waals surface area contributed by atoms with Crippen LogP contribution in [-0.2, 0) is 11.2 Å². The molecule has 0 saturated heterocycles. The largest absolute Gasteiger partial charge is 0.396 e. The van der Waals surface area contributed by atoms with E-state index in [1.165, 1.54) is 0 Å². The molecule has 0 fully saturated rings. The Kier molecular flexibility index (Phi) is 6.24. The summed E-state index contributed by atoms with van der Waals surface area (Å²) in [5, 5.41) is 20.3. The molecule has 2 rings (SSSR count). The van der Waals surface area contributed by atoms with Gasteiger partial charge in [-0.05, 0) is 18.6 Å². The quantitative estimate of drug-likeness (QED) is 0.644. The second kappa shape index (κ2) is 8.39. The molecular formula is C17H22N4O2. The summed E-state index contributed by atoms with van der Waals surface area (Å²) >= 11 is 0. The number of amides is 1. The Labute approximate surface area is 136 Å². The van der Waals surface area contributed by atoms with E-state index < -0.39 is 5.66 Å². The lowest BCUT2D eigenvalue weighted by molar-refractivity contribution is -0.121. The molecule has 1 amide bonds. The van der Waals surface area contributed by atoms with E-state index in [4.69, 9.17) is 6.42 Å². The molecule has 0 aliphatic carbocycles. The van der Waals surface area contributed by atoms with E-state index in [2.05, 4.69) is 26.4 Å². The smallest absolute Gasteiger partial charge is 0.220 e. The summed E-state index contributed by atoms with van der Waals surface area (Å²) in [6.45, 7) is 0.436. The predicted octanol–water partition coefficient (Wildman–Crippen LogP) is 1.70. The average molecular weight is 314 g/mol. The summed E-state index contributed by atoms with van der Waals surface area (Å²) in [7, 11) is 0. The van der Waals surface area contributed by atoms with Gasteiger partial charge in [-0.15, -0.1) is 12.3 Å². The molecule has 1 unspecified atom stereocenters. The van der Waals surface area contributed by atoms with Crippen LogP contribution in [0.15, 0.2) is 34.6 Å². The third-order valence-corrected chi connectivity index (χ3v) is 3.88. The van der Waals surface area contributed by atoms with E-state index in [0.29, 0.717) is 38.6 Å². The number of aromatic nitrogens is 1. The standard InChI is InChI=1S/C17H22N4O2/c1-2-3-8-17(20-21-17)9-7-16(23)19-12-14(13-22)11-15-6-4-5-10-18-15/h1,4-6,10,14,22H,3,7-9,11-13H2,(H,19,23). The van der Waals surface area contributed by atoms with Gasteiger partial charge in [-0.25, -0.2) is 0 Å². The molecular weight excluding hydrogens is 292 g/mol. The summed E-state index contributed by atoms with van der Waals surface area (Å²) in [5.74, 6) is 2.47. The van der Waals surface area contributed by atoms with Crippen LogP contribution in [0.1, 0.15) is 31.4 Å². The van der Waals surface area contributed by atoms with Crippen molar-refractivity contribution in [3.8, 4) is 12.3 Å². The minimum absolute atomic E-state index is 0.00757. The number of rotatable bonds is 10. The molecule has 6 nitrogen and oxygen atoms in total. The average Bonchev–Trinajstić information content (AvgIpc) is 3.36. The third-order valence-electron chi connectivity index (χ3n) is 3.88. The first-order valence-corrected chi connectivity index (χ1v) is 7.82. The Balaban J connectivity index is 1.68.